The smallest absolute Gasteiger partial charge is 0.335 e. The Kier molecular flexibility index (Phi) is 7.15. The van der Waals surface area contributed by atoms with Crippen molar-refractivity contribution in [1.82, 2.24) is 0 Å². The summed E-state index contributed by atoms with van der Waals surface area (Å²) in [6, 6.07) is 7.12. The summed E-state index contributed by atoms with van der Waals surface area (Å²) in [4.78, 5) is 24.6. The van der Waals surface area contributed by atoms with E-state index in [0.29, 0.717) is 17.6 Å². The van der Waals surface area contributed by atoms with Gasteiger partial charge in [0.05, 0.1) is 27.0 Å². The average Bonchev–Trinajstić information content (AvgIpc) is 2.76. The zero-order valence-corrected chi connectivity index (χ0v) is 18.8. The van der Waals surface area contributed by atoms with Gasteiger partial charge in [0.2, 0.25) is 5.43 Å². The van der Waals surface area contributed by atoms with E-state index in [-0.39, 0.29) is 32.6 Å². The SMILES string of the molecule is CCCCCCCCc1cc(S(=O)(=O)CC)cc2c(=O)c3cc(C(=O)O)ccc3oc12. The molecule has 3 aromatic rings. The lowest BCUT2D eigenvalue weighted by molar-refractivity contribution is 0.0697. The van der Waals surface area contributed by atoms with Crippen molar-refractivity contribution in [2.75, 3.05) is 5.75 Å². The molecule has 0 aliphatic carbocycles. The van der Waals surface area contributed by atoms with Gasteiger partial charge in [-0.3, -0.25) is 4.79 Å². The fourth-order valence-electron chi connectivity index (χ4n) is 3.76. The molecule has 1 heterocycles. The molecule has 7 heteroatoms. The van der Waals surface area contributed by atoms with Crippen molar-refractivity contribution in [2.45, 2.75) is 63.7 Å². The van der Waals surface area contributed by atoms with E-state index in [4.69, 9.17) is 4.42 Å². The predicted molar refractivity (Wildman–Crippen MR) is 122 cm³/mol. The quantitative estimate of drug-likeness (QED) is 0.334. The molecular weight excluding hydrogens is 416 g/mol. The van der Waals surface area contributed by atoms with Gasteiger partial charge < -0.3 is 9.52 Å². The number of carboxylic acids is 1. The Hall–Kier alpha value is -2.67. The van der Waals surface area contributed by atoms with Crippen LogP contribution in [0.1, 0.15) is 68.3 Å². The molecule has 3 rings (SSSR count). The number of rotatable bonds is 10. The standard InChI is InChI=1S/C24H28O6S/c1-3-5-6-7-8-9-10-16-13-18(31(28,29)4-2)15-20-22(25)19-14-17(24(26)27)11-12-21(19)30-23(16)20/h11-15H,3-10H2,1-2H3,(H,26,27). The monoisotopic (exact) mass is 444 g/mol. The van der Waals surface area contributed by atoms with Gasteiger partial charge in [-0.1, -0.05) is 46.0 Å². The number of carboxylic acid groups (broad SMARTS) is 1. The first-order valence-corrected chi connectivity index (χ1v) is 12.4. The van der Waals surface area contributed by atoms with E-state index < -0.39 is 21.2 Å². The van der Waals surface area contributed by atoms with Gasteiger partial charge in [-0.05, 0) is 48.7 Å². The highest BCUT2D eigenvalue weighted by Gasteiger charge is 2.19. The molecule has 0 fully saturated rings. The van der Waals surface area contributed by atoms with E-state index in [1.807, 2.05) is 0 Å². The van der Waals surface area contributed by atoms with E-state index >= 15 is 0 Å². The molecule has 166 valence electrons. The van der Waals surface area contributed by atoms with Gasteiger partial charge in [-0.25, -0.2) is 13.2 Å². The molecule has 0 bridgehead atoms. The first-order valence-electron chi connectivity index (χ1n) is 10.8. The Bertz CT molecular complexity index is 1270. The molecule has 0 aliphatic heterocycles. The summed E-state index contributed by atoms with van der Waals surface area (Å²) in [5, 5.41) is 9.54. The third-order valence-corrected chi connectivity index (χ3v) is 7.32. The maximum Gasteiger partial charge on any atom is 0.335 e. The number of fused-ring (bicyclic) bond motifs is 2. The summed E-state index contributed by atoms with van der Waals surface area (Å²) in [6.45, 7) is 3.73. The molecule has 0 aliphatic rings. The Balaban J connectivity index is 2.13. The van der Waals surface area contributed by atoms with Crippen molar-refractivity contribution < 1.29 is 22.7 Å². The van der Waals surface area contributed by atoms with Gasteiger partial charge in [0, 0.05) is 0 Å². The van der Waals surface area contributed by atoms with Crippen molar-refractivity contribution in [2.24, 2.45) is 0 Å². The second-order valence-electron chi connectivity index (χ2n) is 7.83. The van der Waals surface area contributed by atoms with Crippen LogP contribution in [0, 0.1) is 0 Å². The Morgan fingerprint density at radius 3 is 2.35 bits per heavy atom. The number of aromatic carboxylic acids is 1. The van der Waals surface area contributed by atoms with E-state index in [1.165, 1.54) is 43.5 Å². The Morgan fingerprint density at radius 2 is 1.68 bits per heavy atom. The van der Waals surface area contributed by atoms with Crippen LogP contribution < -0.4 is 5.43 Å². The van der Waals surface area contributed by atoms with E-state index in [2.05, 4.69) is 6.92 Å². The van der Waals surface area contributed by atoms with Gasteiger partial charge in [0.15, 0.2) is 9.84 Å². The van der Waals surface area contributed by atoms with Gasteiger partial charge in [-0.15, -0.1) is 0 Å². The van der Waals surface area contributed by atoms with Crippen molar-refractivity contribution >= 4 is 37.7 Å². The number of sulfone groups is 1. The first kappa shape index (κ1) is 23.0. The van der Waals surface area contributed by atoms with Gasteiger partial charge in [0.25, 0.3) is 0 Å². The van der Waals surface area contributed by atoms with Crippen LogP contribution in [-0.2, 0) is 16.3 Å². The van der Waals surface area contributed by atoms with Crippen molar-refractivity contribution in [1.29, 1.82) is 0 Å². The molecule has 1 aromatic heterocycles. The largest absolute Gasteiger partial charge is 0.478 e. The summed E-state index contributed by atoms with van der Waals surface area (Å²) in [5.74, 6) is -1.22. The Morgan fingerprint density at radius 1 is 0.968 bits per heavy atom. The molecule has 1 N–H and O–H groups in total. The van der Waals surface area contributed by atoms with Gasteiger partial charge in [0.1, 0.15) is 11.2 Å². The van der Waals surface area contributed by atoms with Crippen LogP contribution >= 0.6 is 0 Å². The summed E-state index contributed by atoms with van der Waals surface area (Å²) in [7, 11) is -3.52. The normalized spacial score (nSPS) is 11.9. The fraction of sp³-hybridized carbons (Fsp3) is 0.417. The summed E-state index contributed by atoms with van der Waals surface area (Å²) < 4.78 is 31.1. The molecule has 0 spiro atoms. The van der Waals surface area contributed by atoms with E-state index in [9.17, 15) is 23.1 Å². The molecular formula is C24H28O6S. The Labute approximate surface area is 181 Å². The predicted octanol–water partition coefficient (Wildman–Crippen LogP) is 5.34. The molecule has 0 saturated heterocycles. The second kappa shape index (κ2) is 9.64. The van der Waals surface area contributed by atoms with Crippen LogP contribution in [-0.4, -0.2) is 25.2 Å². The van der Waals surface area contributed by atoms with Crippen LogP contribution in [0.4, 0.5) is 0 Å². The third-order valence-electron chi connectivity index (χ3n) is 5.61. The topological polar surface area (TPSA) is 102 Å². The van der Waals surface area contributed by atoms with Gasteiger partial charge >= 0.3 is 5.97 Å². The number of benzene rings is 2. The fourth-order valence-corrected chi connectivity index (χ4v) is 4.71. The zero-order valence-electron chi connectivity index (χ0n) is 17.9. The zero-order chi connectivity index (χ0) is 22.6. The van der Waals surface area contributed by atoms with Crippen LogP contribution in [0.25, 0.3) is 21.9 Å². The lowest BCUT2D eigenvalue weighted by atomic mass is 10.0. The molecule has 2 aromatic carbocycles. The number of aryl methyl sites for hydroxylation is 1. The molecule has 0 atom stereocenters. The van der Waals surface area contributed by atoms with E-state index in [0.717, 1.165) is 19.3 Å². The van der Waals surface area contributed by atoms with Crippen molar-refractivity contribution in [3.8, 4) is 0 Å². The highest BCUT2D eigenvalue weighted by Crippen LogP contribution is 2.28. The summed E-state index contributed by atoms with van der Waals surface area (Å²) in [6.07, 6.45) is 7.16. The van der Waals surface area contributed by atoms with Crippen LogP contribution in [0.5, 0.6) is 0 Å². The summed E-state index contributed by atoms with van der Waals surface area (Å²) >= 11 is 0. The number of hydrogen-bond donors (Lipinski definition) is 1. The molecule has 6 nitrogen and oxygen atoms in total. The highest BCUT2D eigenvalue weighted by molar-refractivity contribution is 7.91. The van der Waals surface area contributed by atoms with Crippen LogP contribution in [0.15, 0.2) is 44.4 Å². The molecule has 0 unspecified atom stereocenters. The van der Waals surface area contributed by atoms with Crippen LogP contribution in [0.3, 0.4) is 0 Å². The first-order chi connectivity index (χ1) is 14.8. The molecule has 31 heavy (non-hydrogen) atoms. The van der Waals surface area contributed by atoms with E-state index in [1.54, 1.807) is 13.0 Å². The van der Waals surface area contributed by atoms with Gasteiger partial charge in [-0.2, -0.15) is 0 Å². The number of unbranched alkanes of at least 4 members (excludes halogenated alkanes) is 5. The minimum Gasteiger partial charge on any atom is -0.478 e. The number of hydrogen-bond acceptors (Lipinski definition) is 5. The maximum absolute atomic E-state index is 13.2. The third kappa shape index (κ3) is 4.98. The maximum atomic E-state index is 13.2. The second-order valence-corrected chi connectivity index (χ2v) is 10.1. The molecule has 0 amide bonds. The minimum absolute atomic E-state index is 0.0243. The highest BCUT2D eigenvalue weighted by atomic mass is 32.2. The lowest BCUT2D eigenvalue weighted by Gasteiger charge is -2.11. The lowest BCUT2D eigenvalue weighted by Crippen LogP contribution is -2.09. The van der Waals surface area contributed by atoms with Crippen molar-refractivity contribution in [3.63, 3.8) is 0 Å². The summed E-state index contributed by atoms with van der Waals surface area (Å²) in [5.41, 5.74) is 0.920. The van der Waals surface area contributed by atoms with Crippen LogP contribution in [0.2, 0.25) is 0 Å². The average molecular weight is 445 g/mol. The molecule has 0 saturated carbocycles. The van der Waals surface area contributed by atoms with Crippen molar-refractivity contribution in [3.05, 3.63) is 51.7 Å². The number of carbonyl (C=O) groups is 1. The minimum atomic E-state index is -3.52. The molecule has 0 radical (unpaired) electrons.